The van der Waals surface area contributed by atoms with Crippen LogP contribution in [0.1, 0.15) is 43.1 Å². The molecule has 6 heteroatoms. The number of nitrogens with zero attached hydrogens (tertiary/aromatic N) is 3. The minimum Gasteiger partial charge on any atom is -0.461 e. The zero-order chi connectivity index (χ0) is 12.8. The molecule has 0 amide bonds. The minimum absolute atomic E-state index is 0.286. The number of ether oxygens (including phenoxy) is 1. The summed E-state index contributed by atoms with van der Waals surface area (Å²) in [6.45, 7) is 4.02. The van der Waals surface area contributed by atoms with E-state index >= 15 is 0 Å². The van der Waals surface area contributed by atoms with Gasteiger partial charge in [-0.25, -0.2) is 4.79 Å². The van der Waals surface area contributed by atoms with Gasteiger partial charge < -0.3 is 10.1 Å². The molecule has 1 aromatic rings. The molecular formula is C12H20N4O2. The van der Waals surface area contributed by atoms with Crippen LogP contribution in [0.25, 0.3) is 0 Å². The molecule has 0 spiro atoms. The summed E-state index contributed by atoms with van der Waals surface area (Å²) in [5, 5.41) is 11.2. The number of hydrogen-bond acceptors (Lipinski definition) is 5. The number of aryl methyl sites for hydroxylation is 1. The van der Waals surface area contributed by atoms with Crippen LogP contribution in [0.2, 0.25) is 0 Å². The van der Waals surface area contributed by atoms with Gasteiger partial charge in [-0.05, 0) is 32.7 Å². The molecular weight excluding hydrogens is 232 g/mol. The Balaban J connectivity index is 1.80. The van der Waals surface area contributed by atoms with Crippen molar-refractivity contribution in [3.8, 4) is 0 Å². The highest BCUT2D eigenvalue weighted by Gasteiger charge is 2.14. The predicted molar refractivity (Wildman–Crippen MR) is 66.2 cm³/mol. The molecule has 0 unspecified atom stereocenters. The lowest BCUT2D eigenvalue weighted by atomic mass is 10.0. The molecule has 1 aliphatic heterocycles. The quantitative estimate of drug-likeness (QED) is 0.791. The maximum absolute atomic E-state index is 11.4. The Morgan fingerprint density at radius 2 is 2.50 bits per heavy atom. The lowest BCUT2D eigenvalue weighted by Crippen LogP contribution is -2.34. The molecule has 1 N–H and O–H groups in total. The summed E-state index contributed by atoms with van der Waals surface area (Å²) >= 11 is 0. The van der Waals surface area contributed by atoms with E-state index in [2.05, 4.69) is 15.6 Å². The Hall–Kier alpha value is -1.43. The number of carbonyl (C=O) groups excluding carboxylic acids is 1. The second-order valence-corrected chi connectivity index (χ2v) is 4.52. The highest BCUT2D eigenvalue weighted by molar-refractivity contribution is 5.86. The first-order chi connectivity index (χ1) is 8.79. The molecule has 1 atom stereocenters. The SMILES string of the molecule is CCOC(=O)c1cn(CC[C@H]2CCCCN2)nn1. The lowest BCUT2D eigenvalue weighted by Gasteiger charge is -2.23. The lowest BCUT2D eigenvalue weighted by molar-refractivity contribution is 0.0519. The number of aromatic nitrogens is 3. The maximum Gasteiger partial charge on any atom is 0.360 e. The normalized spacial score (nSPS) is 19.7. The first kappa shape index (κ1) is 13.0. The Morgan fingerprint density at radius 3 is 3.22 bits per heavy atom. The van der Waals surface area contributed by atoms with Crippen LogP contribution in [0.4, 0.5) is 0 Å². The zero-order valence-corrected chi connectivity index (χ0v) is 10.8. The van der Waals surface area contributed by atoms with Crippen LogP contribution < -0.4 is 5.32 Å². The van der Waals surface area contributed by atoms with Crippen molar-refractivity contribution in [3.63, 3.8) is 0 Å². The van der Waals surface area contributed by atoms with Crippen molar-refractivity contribution >= 4 is 5.97 Å². The van der Waals surface area contributed by atoms with Crippen LogP contribution in [-0.4, -0.2) is 40.2 Å². The minimum atomic E-state index is -0.403. The van der Waals surface area contributed by atoms with E-state index in [1.807, 2.05) is 0 Å². The van der Waals surface area contributed by atoms with Crippen molar-refractivity contribution in [3.05, 3.63) is 11.9 Å². The third-order valence-electron chi connectivity index (χ3n) is 3.14. The molecule has 1 aromatic heterocycles. The fourth-order valence-corrected chi connectivity index (χ4v) is 2.16. The molecule has 0 radical (unpaired) electrons. The van der Waals surface area contributed by atoms with Gasteiger partial charge in [0.2, 0.25) is 0 Å². The monoisotopic (exact) mass is 252 g/mol. The second-order valence-electron chi connectivity index (χ2n) is 4.52. The molecule has 6 nitrogen and oxygen atoms in total. The van der Waals surface area contributed by atoms with Gasteiger partial charge in [0.05, 0.1) is 12.8 Å². The average Bonchev–Trinajstić information content (AvgIpc) is 2.87. The summed E-state index contributed by atoms with van der Waals surface area (Å²) in [7, 11) is 0. The Kier molecular flexibility index (Phi) is 4.69. The third-order valence-corrected chi connectivity index (χ3v) is 3.14. The molecule has 0 bridgehead atoms. The highest BCUT2D eigenvalue weighted by atomic mass is 16.5. The van der Waals surface area contributed by atoms with Crippen LogP contribution in [0.15, 0.2) is 6.20 Å². The van der Waals surface area contributed by atoms with Gasteiger partial charge >= 0.3 is 5.97 Å². The smallest absolute Gasteiger partial charge is 0.360 e. The largest absolute Gasteiger partial charge is 0.461 e. The number of piperidine rings is 1. The summed E-state index contributed by atoms with van der Waals surface area (Å²) in [4.78, 5) is 11.4. The van der Waals surface area contributed by atoms with Crippen molar-refractivity contribution in [1.82, 2.24) is 20.3 Å². The van der Waals surface area contributed by atoms with Crippen LogP contribution in [-0.2, 0) is 11.3 Å². The number of nitrogens with one attached hydrogen (secondary N) is 1. The fraction of sp³-hybridized carbons (Fsp3) is 0.750. The molecule has 100 valence electrons. The predicted octanol–water partition coefficient (Wildman–Crippen LogP) is 0.987. The van der Waals surface area contributed by atoms with Crippen LogP contribution in [0, 0.1) is 0 Å². The first-order valence-electron chi connectivity index (χ1n) is 6.60. The van der Waals surface area contributed by atoms with Crippen molar-refractivity contribution in [2.75, 3.05) is 13.2 Å². The number of esters is 1. The van der Waals surface area contributed by atoms with Gasteiger partial charge in [0.25, 0.3) is 0 Å². The molecule has 1 aliphatic rings. The van der Waals surface area contributed by atoms with E-state index in [1.165, 1.54) is 19.3 Å². The van der Waals surface area contributed by atoms with E-state index in [4.69, 9.17) is 4.74 Å². The van der Waals surface area contributed by atoms with Crippen molar-refractivity contribution in [2.45, 2.75) is 45.2 Å². The average molecular weight is 252 g/mol. The van der Waals surface area contributed by atoms with Gasteiger partial charge in [-0.15, -0.1) is 5.10 Å². The molecule has 0 aromatic carbocycles. The van der Waals surface area contributed by atoms with E-state index < -0.39 is 5.97 Å². The summed E-state index contributed by atoms with van der Waals surface area (Å²) in [5.41, 5.74) is 0.286. The van der Waals surface area contributed by atoms with Gasteiger partial charge in [0, 0.05) is 12.6 Å². The molecule has 1 fully saturated rings. The number of carbonyl (C=O) groups is 1. The molecule has 2 heterocycles. The standard InChI is InChI=1S/C12H20N4O2/c1-2-18-12(17)11-9-16(15-14-11)8-6-10-5-3-4-7-13-10/h9-10,13H,2-8H2,1H3/t10-/m1/s1. The van der Waals surface area contributed by atoms with Crippen LogP contribution >= 0.6 is 0 Å². The van der Waals surface area contributed by atoms with Crippen molar-refractivity contribution in [2.24, 2.45) is 0 Å². The van der Waals surface area contributed by atoms with Gasteiger partial charge in [0.15, 0.2) is 5.69 Å². The van der Waals surface area contributed by atoms with Crippen LogP contribution in [0.5, 0.6) is 0 Å². The van der Waals surface area contributed by atoms with E-state index in [9.17, 15) is 4.79 Å². The van der Waals surface area contributed by atoms with Gasteiger partial charge in [0.1, 0.15) is 0 Å². The zero-order valence-electron chi connectivity index (χ0n) is 10.8. The Bertz CT molecular complexity index is 385. The Morgan fingerprint density at radius 1 is 1.61 bits per heavy atom. The molecule has 0 saturated carbocycles. The van der Waals surface area contributed by atoms with Crippen molar-refractivity contribution < 1.29 is 9.53 Å². The van der Waals surface area contributed by atoms with Gasteiger partial charge in [-0.1, -0.05) is 11.6 Å². The molecule has 2 rings (SSSR count). The summed E-state index contributed by atoms with van der Waals surface area (Å²) < 4.78 is 6.58. The number of hydrogen-bond donors (Lipinski definition) is 1. The van der Waals surface area contributed by atoms with Gasteiger partial charge in [-0.3, -0.25) is 4.68 Å². The third kappa shape index (κ3) is 3.53. The topological polar surface area (TPSA) is 69.0 Å². The van der Waals surface area contributed by atoms with E-state index in [0.29, 0.717) is 12.6 Å². The van der Waals surface area contributed by atoms with E-state index in [-0.39, 0.29) is 5.69 Å². The summed E-state index contributed by atoms with van der Waals surface area (Å²) in [6.07, 6.45) is 6.46. The fourth-order valence-electron chi connectivity index (χ4n) is 2.16. The molecule has 18 heavy (non-hydrogen) atoms. The second kappa shape index (κ2) is 6.49. The Labute approximate surface area is 107 Å². The first-order valence-corrected chi connectivity index (χ1v) is 6.60. The number of rotatable bonds is 5. The maximum atomic E-state index is 11.4. The molecule has 0 aliphatic carbocycles. The highest BCUT2D eigenvalue weighted by Crippen LogP contribution is 2.10. The van der Waals surface area contributed by atoms with Crippen molar-refractivity contribution in [1.29, 1.82) is 0 Å². The molecule has 1 saturated heterocycles. The van der Waals surface area contributed by atoms with E-state index in [0.717, 1.165) is 19.5 Å². The van der Waals surface area contributed by atoms with Crippen LogP contribution in [0.3, 0.4) is 0 Å². The van der Waals surface area contributed by atoms with Gasteiger partial charge in [-0.2, -0.15) is 0 Å². The van der Waals surface area contributed by atoms with E-state index in [1.54, 1.807) is 17.8 Å². The summed E-state index contributed by atoms with van der Waals surface area (Å²) in [6, 6.07) is 0.564. The summed E-state index contributed by atoms with van der Waals surface area (Å²) in [5.74, 6) is -0.403.